The van der Waals surface area contributed by atoms with E-state index in [0.717, 1.165) is 0 Å². The van der Waals surface area contributed by atoms with Crippen LogP contribution in [0.3, 0.4) is 0 Å². The van der Waals surface area contributed by atoms with Gasteiger partial charge in [0.2, 0.25) is 0 Å². The van der Waals surface area contributed by atoms with E-state index in [1.54, 1.807) is 0 Å². The summed E-state index contributed by atoms with van der Waals surface area (Å²) in [6, 6.07) is -0.437. The van der Waals surface area contributed by atoms with Gasteiger partial charge in [-0.2, -0.15) is 0 Å². The first-order valence-electron chi connectivity index (χ1n) is 6.78. The van der Waals surface area contributed by atoms with Crippen LogP contribution in [0.25, 0.3) is 0 Å². The molecule has 1 heterocycles. The first kappa shape index (κ1) is 18.8. The number of hydrogen-bond donors (Lipinski definition) is 3. The molecule has 1 aromatic heterocycles. The summed E-state index contributed by atoms with van der Waals surface area (Å²) in [6.45, 7) is 3.84. The molecule has 0 saturated heterocycles. The quantitative estimate of drug-likeness (QED) is 0.284. The molecule has 0 aliphatic rings. The Morgan fingerprint density at radius 1 is 1.55 bits per heavy atom. The first-order valence-corrected chi connectivity index (χ1v) is 8.99. The van der Waals surface area contributed by atoms with E-state index in [1.807, 2.05) is 13.2 Å². The van der Waals surface area contributed by atoms with Gasteiger partial charge in [0, 0.05) is 5.75 Å². The third-order valence-corrected chi connectivity index (χ3v) is 4.30. The zero-order valence-corrected chi connectivity index (χ0v) is 14.4. The van der Waals surface area contributed by atoms with E-state index in [4.69, 9.17) is 11.1 Å². The fraction of sp³-hybridized carbons (Fsp3) is 0.667. The SMILES string of the molecule is CCC(NC(=N)c1nonc1SCC/N=C(/N)SC)[C@@H](C)F. The molecule has 124 valence electrons. The molecule has 0 amide bonds. The van der Waals surface area contributed by atoms with E-state index in [1.165, 1.54) is 30.4 Å². The van der Waals surface area contributed by atoms with Gasteiger partial charge in [0.15, 0.2) is 21.7 Å². The zero-order chi connectivity index (χ0) is 16.5. The number of halogens is 1. The van der Waals surface area contributed by atoms with Crippen molar-refractivity contribution < 1.29 is 9.02 Å². The highest BCUT2D eigenvalue weighted by atomic mass is 32.2. The summed E-state index contributed by atoms with van der Waals surface area (Å²) in [5.74, 6) is 0.638. The number of amidine groups is 2. The Kier molecular flexibility index (Phi) is 8.25. The fourth-order valence-electron chi connectivity index (χ4n) is 1.59. The van der Waals surface area contributed by atoms with Crippen LogP contribution in [0.1, 0.15) is 26.0 Å². The molecule has 4 N–H and O–H groups in total. The lowest BCUT2D eigenvalue weighted by Gasteiger charge is -2.18. The lowest BCUT2D eigenvalue weighted by molar-refractivity contribution is 0.283. The topological polar surface area (TPSA) is 113 Å². The normalized spacial score (nSPS) is 14.6. The van der Waals surface area contributed by atoms with Crippen molar-refractivity contribution in [3.8, 4) is 0 Å². The van der Waals surface area contributed by atoms with Gasteiger partial charge in [0.1, 0.15) is 6.17 Å². The molecule has 0 saturated carbocycles. The summed E-state index contributed by atoms with van der Waals surface area (Å²) in [5, 5.41) is 19.3. The molecule has 0 aromatic carbocycles. The second-order valence-electron chi connectivity index (χ2n) is 4.40. The Morgan fingerprint density at radius 3 is 2.86 bits per heavy atom. The van der Waals surface area contributed by atoms with Crippen molar-refractivity contribution >= 4 is 34.5 Å². The number of alkyl halides is 1. The maximum absolute atomic E-state index is 13.4. The van der Waals surface area contributed by atoms with Crippen LogP contribution in [-0.4, -0.2) is 52.1 Å². The predicted molar refractivity (Wildman–Crippen MR) is 89.6 cm³/mol. The Balaban J connectivity index is 2.59. The summed E-state index contributed by atoms with van der Waals surface area (Å²) in [7, 11) is 0. The number of nitrogens with zero attached hydrogens (tertiary/aromatic N) is 3. The second-order valence-corrected chi connectivity index (χ2v) is 6.31. The number of nitrogens with two attached hydrogens (primary N) is 1. The number of aromatic nitrogens is 2. The molecule has 0 aliphatic carbocycles. The maximum Gasteiger partial charge on any atom is 0.183 e. The lowest BCUT2D eigenvalue weighted by atomic mass is 10.1. The minimum absolute atomic E-state index is 0.00669. The predicted octanol–water partition coefficient (Wildman–Crippen LogP) is 1.89. The highest BCUT2D eigenvalue weighted by Gasteiger charge is 2.21. The molecule has 10 heteroatoms. The van der Waals surface area contributed by atoms with Crippen molar-refractivity contribution in [1.29, 1.82) is 5.41 Å². The van der Waals surface area contributed by atoms with E-state index >= 15 is 0 Å². The van der Waals surface area contributed by atoms with Gasteiger partial charge in [-0.25, -0.2) is 9.02 Å². The molecule has 1 aromatic rings. The van der Waals surface area contributed by atoms with E-state index in [0.29, 0.717) is 28.9 Å². The van der Waals surface area contributed by atoms with Crippen molar-refractivity contribution in [2.24, 2.45) is 10.7 Å². The molecule has 22 heavy (non-hydrogen) atoms. The molecule has 0 bridgehead atoms. The van der Waals surface area contributed by atoms with Crippen molar-refractivity contribution in [3.05, 3.63) is 5.69 Å². The highest BCUT2D eigenvalue weighted by Crippen LogP contribution is 2.19. The standard InChI is InChI=1S/C12H21FN6OS2/c1-4-8(7(2)13)17-10(14)9-11(19-20-18-9)22-6-5-16-12(15)21-3/h7-8H,4-6H2,1-3H3,(H2,14,17)(H2,15,16)/t7-,8?/m1/s1. The summed E-state index contributed by atoms with van der Waals surface area (Å²) in [6.07, 6.45) is 1.36. The molecule has 0 spiro atoms. The Morgan fingerprint density at radius 2 is 2.27 bits per heavy atom. The van der Waals surface area contributed by atoms with Gasteiger partial charge in [0.25, 0.3) is 0 Å². The van der Waals surface area contributed by atoms with Gasteiger partial charge >= 0.3 is 0 Å². The van der Waals surface area contributed by atoms with E-state index in [2.05, 4.69) is 25.3 Å². The molecule has 7 nitrogen and oxygen atoms in total. The van der Waals surface area contributed by atoms with Crippen LogP contribution < -0.4 is 11.1 Å². The second kappa shape index (κ2) is 9.67. The van der Waals surface area contributed by atoms with Gasteiger partial charge in [-0.05, 0) is 29.9 Å². The number of nitrogens with one attached hydrogen (secondary N) is 2. The summed E-state index contributed by atoms with van der Waals surface area (Å²) >= 11 is 2.75. The minimum Gasteiger partial charge on any atom is -0.379 e. The zero-order valence-electron chi connectivity index (χ0n) is 12.8. The monoisotopic (exact) mass is 348 g/mol. The smallest absolute Gasteiger partial charge is 0.183 e. The molecule has 1 unspecified atom stereocenters. The first-order chi connectivity index (χ1) is 10.5. The number of hydrogen-bond acceptors (Lipinski definition) is 7. The fourth-order valence-corrected chi connectivity index (χ4v) is 2.54. The summed E-state index contributed by atoms with van der Waals surface area (Å²) in [5.41, 5.74) is 5.87. The van der Waals surface area contributed by atoms with Crippen molar-refractivity contribution in [2.45, 2.75) is 37.5 Å². The van der Waals surface area contributed by atoms with Crippen LogP contribution in [0.15, 0.2) is 14.6 Å². The van der Waals surface area contributed by atoms with Crippen LogP contribution in [-0.2, 0) is 0 Å². The highest BCUT2D eigenvalue weighted by molar-refractivity contribution is 8.13. The van der Waals surface area contributed by atoms with Gasteiger partial charge < -0.3 is 11.1 Å². The summed E-state index contributed by atoms with van der Waals surface area (Å²) < 4.78 is 18.1. The van der Waals surface area contributed by atoms with Gasteiger partial charge in [0.05, 0.1) is 12.6 Å². The largest absolute Gasteiger partial charge is 0.379 e. The lowest BCUT2D eigenvalue weighted by Crippen LogP contribution is -2.40. The Bertz CT molecular complexity index is 508. The van der Waals surface area contributed by atoms with Gasteiger partial charge in [-0.15, -0.1) is 0 Å². The van der Waals surface area contributed by atoms with Gasteiger partial charge in [-0.3, -0.25) is 10.4 Å². The molecular weight excluding hydrogens is 327 g/mol. The molecule has 2 atom stereocenters. The van der Waals surface area contributed by atoms with Crippen molar-refractivity contribution in [3.63, 3.8) is 0 Å². The third-order valence-electron chi connectivity index (χ3n) is 2.83. The number of thioether (sulfide) groups is 2. The maximum atomic E-state index is 13.4. The average molecular weight is 348 g/mol. The molecular formula is C12H21FN6OS2. The van der Waals surface area contributed by atoms with Gasteiger partial charge in [-0.1, -0.05) is 30.4 Å². The van der Waals surface area contributed by atoms with Crippen LogP contribution in [0.4, 0.5) is 4.39 Å². The molecule has 1 rings (SSSR count). The van der Waals surface area contributed by atoms with Crippen molar-refractivity contribution in [2.75, 3.05) is 18.6 Å². The Hall–Kier alpha value is -1.29. The van der Waals surface area contributed by atoms with Crippen LogP contribution in [0.5, 0.6) is 0 Å². The number of rotatable bonds is 8. The van der Waals surface area contributed by atoms with E-state index < -0.39 is 12.2 Å². The minimum atomic E-state index is -1.06. The van der Waals surface area contributed by atoms with Crippen LogP contribution in [0.2, 0.25) is 0 Å². The summed E-state index contributed by atoms with van der Waals surface area (Å²) in [4.78, 5) is 4.14. The average Bonchev–Trinajstić information content (AvgIpc) is 2.96. The van der Waals surface area contributed by atoms with Crippen LogP contribution >= 0.6 is 23.5 Å². The molecule has 0 radical (unpaired) electrons. The van der Waals surface area contributed by atoms with E-state index in [9.17, 15) is 4.39 Å². The van der Waals surface area contributed by atoms with E-state index in [-0.39, 0.29) is 11.5 Å². The Labute approximate surface area is 137 Å². The van der Waals surface area contributed by atoms with Crippen LogP contribution in [0, 0.1) is 5.41 Å². The molecule has 0 aliphatic heterocycles. The number of aliphatic imine (C=N–C) groups is 1. The molecule has 0 fully saturated rings. The third kappa shape index (κ3) is 5.84. The van der Waals surface area contributed by atoms with Crippen molar-refractivity contribution in [1.82, 2.24) is 15.6 Å².